The van der Waals surface area contributed by atoms with Gasteiger partial charge in [0.2, 0.25) is 5.91 Å². The van der Waals surface area contributed by atoms with Crippen molar-refractivity contribution in [2.45, 2.75) is 19.3 Å². The number of nitrogens with zero attached hydrogens (tertiary/aromatic N) is 3. The molecule has 37 heavy (non-hydrogen) atoms. The molecular formula is C25H34Cl3N5O4. The van der Waals surface area contributed by atoms with Crippen molar-refractivity contribution >= 4 is 64.5 Å². The number of halogens is 3. The van der Waals surface area contributed by atoms with E-state index in [0.717, 1.165) is 5.69 Å². The summed E-state index contributed by atoms with van der Waals surface area (Å²) in [7, 11) is 3.78. The van der Waals surface area contributed by atoms with Crippen molar-refractivity contribution in [3.8, 4) is 0 Å². The fourth-order valence-electron chi connectivity index (χ4n) is 3.57. The highest BCUT2D eigenvalue weighted by Crippen LogP contribution is 2.34. The summed E-state index contributed by atoms with van der Waals surface area (Å²) >= 11 is 11.8. The lowest BCUT2D eigenvalue weighted by Gasteiger charge is -2.25. The first-order valence-electron chi connectivity index (χ1n) is 11.5. The van der Waals surface area contributed by atoms with E-state index in [1.165, 1.54) is 18.2 Å². The minimum Gasteiger partial charge on any atom is -0.369 e. The normalized spacial score (nSPS) is 11.0. The quantitative estimate of drug-likeness (QED) is 0.207. The zero-order valence-corrected chi connectivity index (χ0v) is 23.8. The lowest BCUT2D eigenvalue weighted by atomic mass is 9.81. The van der Waals surface area contributed by atoms with E-state index in [1.54, 1.807) is 26.0 Å². The Balaban J connectivity index is 0.00000684. The van der Waals surface area contributed by atoms with Gasteiger partial charge in [-0.1, -0.05) is 0 Å². The summed E-state index contributed by atoms with van der Waals surface area (Å²) in [4.78, 5) is 41.0. The first-order chi connectivity index (χ1) is 17.0. The maximum absolute atomic E-state index is 13.3. The maximum atomic E-state index is 13.3. The van der Waals surface area contributed by atoms with Gasteiger partial charge >= 0.3 is 0 Å². The molecule has 0 aromatic heterocycles. The second-order valence-corrected chi connectivity index (χ2v) is 9.80. The van der Waals surface area contributed by atoms with Crippen LogP contribution in [0.5, 0.6) is 0 Å². The number of rotatable bonds is 13. The number of hydrogen-bond acceptors (Lipinski definition) is 6. The maximum Gasteiger partial charge on any atom is 0.273 e. The molecule has 2 amide bonds. The van der Waals surface area contributed by atoms with Gasteiger partial charge in [0.05, 0.1) is 10.3 Å². The fraction of sp³-hybridized carbons (Fsp3) is 0.440. The van der Waals surface area contributed by atoms with E-state index < -0.39 is 16.2 Å². The number of benzene rings is 2. The molecule has 0 heterocycles. The van der Waals surface area contributed by atoms with Crippen molar-refractivity contribution in [2.75, 3.05) is 62.3 Å². The molecule has 2 aromatic carbocycles. The first-order valence-corrected chi connectivity index (χ1v) is 12.6. The van der Waals surface area contributed by atoms with Gasteiger partial charge in [0.15, 0.2) is 0 Å². The predicted octanol–water partition coefficient (Wildman–Crippen LogP) is 4.51. The summed E-state index contributed by atoms with van der Waals surface area (Å²) < 4.78 is 0. The smallest absolute Gasteiger partial charge is 0.273 e. The molecule has 0 atom stereocenters. The topological polar surface area (TPSA) is 108 Å². The average Bonchev–Trinajstić information content (AvgIpc) is 2.83. The highest BCUT2D eigenvalue weighted by molar-refractivity contribution is 6.18. The molecular weight excluding hydrogens is 541 g/mol. The van der Waals surface area contributed by atoms with Crippen LogP contribution in [0, 0.1) is 10.1 Å². The number of likely N-dealkylation sites (N-methyl/N-ethyl adjacent to an activating group) is 1. The zero-order chi connectivity index (χ0) is 26.9. The van der Waals surface area contributed by atoms with Crippen LogP contribution in [-0.2, 0) is 10.2 Å². The number of anilines is 2. The summed E-state index contributed by atoms with van der Waals surface area (Å²) in [5.74, 6) is 0.101. The third kappa shape index (κ3) is 9.03. The predicted molar refractivity (Wildman–Crippen MR) is 153 cm³/mol. The molecule has 0 saturated carbocycles. The summed E-state index contributed by atoms with van der Waals surface area (Å²) in [5.41, 5.74) is 0.319. The van der Waals surface area contributed by atoms with Crippen molar-refractivity contribution in [2.24, 2.45) is 0 Å². The molecule has 9 nitrogen and oxygen atoms in total. The van der Waals surface area contributed by atoms with E-state index in [-0.39, 0.29) is 35.1 Å². The Hall–Kier alpha value is -2.59. The van der Waals surface area contributed by atoms with Crippen LogP contribution in [0.15, 0.2) is 42.5 Å². The van der Waals surface area contributed by atoms with Crippen LogP contribution in [0.25, 0.3) is 0 Å². The Kier molecular flexibility index (Phi) is 13.1. The molecule has 0 aliphatic rings. The van der Waals surface area contributed by atoms with Crippen LogP contribution < -0.4 is 15.5 Å². The van der Waals surface area contributed by atoms with Gasteiger partial charge in [0, 0.05) is 66.5 Å². The minimum absolute atomic E-state index is 0. The molecule has 0 radical (unpaired) electrons. The third-order valence-corrected chi connectivity index (χ3v) is 6.08. The van der Waals surface area contributed by atoms with Crippen LogP contribution in [0.1, 0.15) is 29.8 Å². The fourth-order valence-corrected chi connectivity index (χ4v) is 3.98. The molecule has 2 rings (SSSR count). The SMILES string of the molecule is CN(C)CCNC(=O)c1ccc([N+](=O)[O-])c(C(C)(C)C(=O)Nc2ccc(N(CCCl)CCCl)cc2)c1.Cl. The number of carbonyl (C=O) groups is 2. The van der Waals surface area contributed by atoms with Gasteiger partial charge in [-0.25, -0.2) is 0 Å². The standard InChI is InChI=1S/C25H33Cl2N5O4.ClH/c1-25(2,24(34)29-19-6-8-20(9-7-19)31(14-11-26)15-12-27)21-17-18(5-10-22(21)32(35)36)23(33)28-13-16-30(3)4;/h5-10,17H,11-16H2,1-4H3,(H,28,33)(H,29,34);1H. The van der Waals surface area contributed by atoms with Crippen molar-refractivity contribution in [3.05, 3.63) is 63.7 Å². The number of nitro groups is 1. The lowest BCUT2D eigenvalue weighted by molar-refractivity contribution is -0.385. The highest BCUT2D eigenvalue weighted by Gasteiger charge is 2.36. The van der Waals surface area contributed by atoms with Crippen LogP contribution in [0.3, 0.4) is 0 Å². The molecule has 0 saturated heterocycles. The van der Waals surface area contributed by atoms with E-state index in [2.05, 4.69) is 10.6 Å². The second-order valence-electron chi connectivity index (χ2n) is 9.04. The van der Waals surface area contributed by atoms with Gasteiger partial charge in [-0.15, -0.1) is 35.6 Å². The van der Waals surface area contributed by atoms with Gasteiger partial charge in [-0.2, -0.15) is 0 Å². The molecule has 2 N–H and O–H groups in total. The highest BCUT2D eigenvalue weighted by atomic mass is 35.5. The molecule has 0 bridgehead atoms. The zero-order valence-electron chi connectivity index (χ0n) is 21.4. The second kappa shape index (κ2) is 15.0. The van der Waals surface area contributed by atoms with Crippen LogP contribution in [-0.4, -0.2) is 73.7 Å². The molecule has 0 fully saturated rings. The molecule has 12 heteroatoms. The molecule has 0 aliphatic heterocycles. The number of amides is 2. The Bertz CT molecular complexity index is 1060. The summed E-state index contributed by atoms with van der Waals surface area (Å²) in [5, 5.41) is 17.4. The largest absolute Gasteiger partial charge is 0.369 e. The van der Waals surface area contributed by atoms with Crippen molar-refractivity contribution in [3.63, 3.8) is 0 Å². The van der Waals surface area contributed by atoms with E-state index >= 15 is 0 Å². The van der Waals surface area contributed by atoms with Gasteiger partial charge in [-0.05, 0) is 64.3 Å². The summed E-state index contributed by atoms with van der Waals surface area (Å²) in [6.07, 6.45) is 0. The Morgan fingerprint density at radius 1 is 1.00 bits per heavy atom. The van der Waals surface area contributed by atoms with Crippen molar-refractivity contribution in [1.29, 1.82) is 0 Å². The summed E-state index contributed by atoms with van der Waals surface area (Å²) in [6, 6.07) is 11.3. The van der Waals surface area contributed by atoms with Gasteiger partial charge < -0.3 is 20.4 Å². The molecule has 0 aliphatic carbocycles. The van der Waals surface area contributed by atoms with Crippen molar-refractivity contribution < 1.29 is 14.5 Å². The molecule has 2 aromatic rings. The number of alkyl halides is 2. The van der Waals surface area contributed by atoms with Gasteiger partial charge in [0.1, 0.15) is 0 Å². The van der Waals surface area contributed by atoms with Crippen LogP contribution >= 0.6 is 35.6 Å². The number of nitro benzene ring substituents is 1. The average molecular weight is 575 g/mol. The number of nitrogens with one attached hydrogen (secondary N) is 2. The Labute approximate surface area is 234 Å². The van der Waals surface area contributed by atoms with E-state index in [9.17, 15) is 19.7 Å². The number of hydrogen-bond donors (Lipinski definition) is 2. The Morgan fingerprint density at radius 2 is 1.59 bits per heavy atom. The summed E-state index contributed by atoms with van der Waals surface area (Å²) in [6.45, 7) is 5.52. The molecule has 204 valence electrons. The molecule has 0 spiro atoms. The third-order valence-electron chi connectivity index (χ3n) is 5.74. The van der Waals surface area contributed by atoms with Gasteiger partial charge in [0.25, 0.3) is 11.6 Å². The lowest BCUT2D eigenvalue weighted by Crippen LogP contribution is -2.36. The van der Waals surface area contributed by atoms with Crippen LogP contribution in [0.2, 0.25) is 0 Å². The van der Waals surface area contributed by atoms with E-state index in [0.29, 0.717) is 43.6 Å². The number of carbonyl (C=O) groups excluding carboxylic acids is 2. The van der Waals surface area contributed by atoms with Crippen molar-refractivity contribution in [1.82, 2.24) is 10.2 Å². The van der Waals surface area contributed by atoms with E-state index in [4.69, 9.17) is 23.2 Å². The van der Waals surface area contributed by atoms with E-state index in [1.807, 2.05) is 36.0 Å². The first kappa shape index (κ1) is 32.4. The Morgan fingerprint density at radius 3 is 2.11 bits per heavy atom. The molecule has 0 unspecified atom stereocenters. The minimum atomic E-state index is -1.30. The van der Waals surface area contributed by atoms with Crippen LogP contribution in [0.4, 0.5) is 17.1 Å². The van der Waals surface area contributed by atoms with Gasteiger partial charge in [-0.3, -0.25) is 19.7 Å². The monoisotopic (exact) mass is 573 g/mol.